The molecule has 0 saturated carbocycles. The lowest BCUT2D eigenvalue weighted by Crippen LogP contribution is -2.37. The van der Waals surface area contributed by atoms with Gasteiger partial charge in [0, 0.05) is 12.6 Å². The Balaban J connectivity index is 2.30. The van der Waals surface area contributed by atoms with Crippen LogP contribution in [-0.4, -0.2) is 36.7 Å². The van der Waals surface area contributed by atoms with Crippen molar-refractivity contribution >= 4 is 6.09 Å². The molecule has 0 aromatic carbocycles. The first-order valence-corrected chi connectivity index (χ1v) is 3.91. The van der Waals surface area contributed by atoms with E-state index in [1.807, 2.05) is 6.92 Å². The van der Waals surface area contributed by atoms with Crippen molar-refractivity contribution in [3.63, 3.8) is 0 Å². The maximum absolute atomic E-state index is 10.9. The lowest BCUT2D eigenvalue weighted by atomic mass is 10.2. The van der Waals surface area contributed by atoms with Crippen molar-refractivity contribution in [2.75, 3.05) is 19.7 Å². The molecule has 0 spiro atoms. The summed E-state index contributed by atoms with van der Waals surface area (Å²) in [5.74, 6) is 0. The molecule has 0 aliphatic carbocycles. The van der Waals surface area contributed by atoms with Crippen molar-refractivity contribution in [1.29, 1.82) is 0 Å². The second-order valence-electron chi connectivity index (χ2n) is 2.73. The Hall–Kier alpha value is -0.770. The molecule has 1 aliphatic heterocycles. The van der Waals surface area contributed by atoms with Crippen LogP contribution >= 0.6 is 0 Å². The molecule has 1 atom stereocenters. The van der Waals surface area contributed by atoms with Crippen LogP contribution in [0.1, 0.15) is 13.3 Å². The number of hydrogen-bond acceptors (Lipinski definition) is 3. The normalized spacial score (nSPS) is 20.2. The maximum Gasteiger partial charge on any atom is 0.409 e. The summed E-state index contributed by atoms with van der Waals surface area (Å²) < 4.78 is 4.74. The summed E-state index contributed by atoms with van der Waals surface area (Å²) in [6.07, 6.45) is 0.665. The fourth-order valence-corrected chi connectivity index (χ4v) is 1.00. The molecule has 1 saturated heterocycles. The number of amides is 1. The molecule has 1 rings (SSSR count). The second kappa shape index (κ2) is 3.57. The SMILES string of the molecule is CCC(N)CN1CCOC1=O. The minimum atomic E-state index is -0.228. The molecule has 1 amide bonds. The number of ether oxygens (including phenoxy) is 1. The van der Waals surface area contributed by atoms with E-state index < -0.39 is 0 Å². The van der Waals surface area contributed by atoms with Gasteiger partial charge in [0.2, 0.25) is 0 Å². The van der Waals surface area contributed by atoms with Crippen molar-refractivity contribution < 1.29 is 9.53 Å². The van der Waals surface area contributed by atoms with Gasteiger partial charge in [0.05, 0.1) is 6.54 Å². The van der Waals surface area contributed by atoms with Crippen molar-refractivity contribution in [2.45, 2.75) is 19.4 Å². The molecule has 2 N–H and O–H groups in total. The largest absolute Gasteiger partial charge is 0.448 e. The Kier molecular flexibility index (Phi) is 2.70. The molecule has 1 heterocycles. The van der Waals surface area contributed by atoms with Gasteiger partial charge in [-0.25, -0.2) is 4.79 Å². The fourth-order valence-electron chi connectivity index (χ4n) is 1.00. The van der Waals surface area contributed by atoms with Crippen molar-refractivity contribution in [1.82, 2.24) is 4.90 Å². The Morgan fingerprint density at radius 2 is 2.55 bits per heavy atom. The molecule has 64 valence electrons. The molecule has 11 heavy (non-hydrogen) atoms. The topological polar surface area (TPSA) is 55.6 Å². The highest BCUT2D eigenvalue weighted by Crippen LogP contribution is 2.03. The number of rotatable bonds is 3. The van der Waals surface area contributed by atoms with Gasteiger partial charge in [-0.2, -0.15) is 0 Å². The lowest BCUT2D eigenvalue weighted by molar-refractivity contribution is 0.157. The zero-order valence-electron chi connectivity index (χ0n) is 6.75. The van der Waals surface area contributed by atoms with Gasteiger partial charge < -0.3 is 15.4 Å². The molecule has 1 fully saturated rings. The summed E-state index contributed by atoms with van der Waals surface area (Å²) in [4.78, 5) is 12.5. The first-order valence-electron chi connectivity index (χ1n) is 3.91. The Morgan fingerprint density at radius 1 is 1.82 bits per heavy atom. The predicted octanol–water partition coefficient (Wildman–Crippen LogP) is 0.176. The summed E-state index contributed by atoms with van der Waals surface area (Å²) >= 11 is 0. The molecular weight excluding hydrogens is 144 g/mol. The van der Waals surface area contributed by atoms with Crippen LogP contribution in [0, 0.1) is 0 Å². The summed E-state index contributed by atoms with van der Waals surface area (Å²) in [6.45, 7) is 3.82. The third-order valence-electron chi connectivity index (χ3n) is 1.82. The highest BCUT2D eigenvalue weighted by Gasteiger charge is 2.22. The summed E-state index contributed by atoms with van der Waals surface area (Å²) in [5.41, 5.74) is 5.67. The molecule has 0 bridgehead atoms. The van der Waals surface area contributed by atoms with Crippen LogP contribution in [0.4, 0.5) is 4.79 Å². The Morgan fingerprint density at radius 3 is 3.00 bits per heavy atom. The van der Waals surface area contributed by atoms with E-state index >= 15 is 0 Å². The number of carbonyl (C=O) groups is 1. The smallest absolute Gasteiger partial charge is 0.409 e. The monoisotopic (exact) mass is 158 g/mol. The number of cyclic esters (lactones) is 1. The average molecular weight is 158 g/mol. The van der Waals surface area contributed by atoms with Gasteiger partial charge in [0.1, 0.15) is 6.61 Å². The quantitative estimate of drug-likeness (QED) is 0.637. The summed E-state index contributed by atoms with van der Waals surface area (Å²) in [7, 11) is 0. The minimum absolute atomic E-state index is 0.0839. The maximum atomic E-state index is 10.9. The van der Waals surface area contributed by atoms with Crippen LogP contribution in [0.2, 0.25) is 0 Å². The van der Waals surface area contributed by atoms with E-state index in [-0.39, 0.29) is 12.1 Å². The third kappa shape index (κ3) is 2.08. The molecule has 4 nitrogen and oxygen atoms in total. The van der Waals surface area contributed by atoms with E-state index in [1.165, 1.54) is 0 Å². The van der Waals surface area contributed by atoms with E-state index in [9.17, 15) is 4.79 Å². The average Bonchev–Trinajstić information content (AvgIpc) is 2.37. The van der Waals surface area contributed by atoms with Crippen LogP contribution in [-0.2, 0) is 4.74 Å². The van der Waals surface area contributed by atoms with Gasteiger partial charge in [-0.1, -0.05) is 6.92 Å². The Bertz CT molecular complexity index is 149. The van der Waals surface area contributed by atoms with Gasteiger partial charge in [-0.3, -0.25) is 0 Å². The lowest BCUT2D eigenvalue weighted by Gasteiger charge is -2.16. The van der Waals surface area contributed by atoms with Crippen LogP contribution in [0.25, 0.3) is 0 Å². The predicted molar refractivity (Wildman–Crippen MR) is 41.2 cm³/mol. The number of nitrogens with two attached hydrogens (primary N) is 1. The molecule has 4 heteroatoms. The van der Waals surface area contributed by atoms with Crippen molar-refractivity contribution in [2.24, 2.45) is 5.73 Å². The first-order chi connectivity index (χ1) is 5.24. The fraction of sp³-hybridized carbons (Fsp3) is 0.857. The van der Waals surface area contributed by atoms with Gasteiger partial charge in [0.25, 0.3) is 0 Å². The van der Waals surface area contributed by atoms with Crippen molar-refractivity contribution in [3.8, 4) is 0 Å². The van der Waals surface area contributed by atoms with Gasteiger partial charge in [-0.15, -0.1) is 0 Å². The van der Waals surface area contributed by atoms with Crippen LogP contribution in [0.3, 0.4) is 0 Å². The van der Waals surface area contributed by atoms with E-state index in [4.69, 9.17) is 10.5 Å². The zero-order chi connectivity index (χ0) is 8.27. The van der Waals surface area contributed by atoms with Gasteiger partial charge in [0.15, 0.2) is 0 Å². The molecular formula is C7H14N2O2. The standard InChI is InChI=1S/C7H14N2O2/c1-2-6(8)5-9-3-4-11-7(9)10/h6H,2-5,8H2,1H3. The summed E-state index contributed by atoms with van der Waals surface area (Å²) in [5, 5.41) is 0. The Labute approximate surface area is 66.3 Å². The number of nitrogens with zero attached hydrogens (tertiary/aromatic N) is 1. The third-order valence-corrected chi connectivity index (χ3v) is 1.82. The summed E-state index contributed by atoms with van der Waals surface area (Å²) in [6, 6.07) is 0.0839. The molecule has 1 aliphatic rings. The van der Waals surface area contributed by atoms with Gasteiger partial charge in [-0.05, 0) is 6.42 Å². The number of hydrogen-bond donors (Lipinski definition) is 1. The molecule has 0 aromatic heterocycles. The van der Waals surface area contributed by atoms with E-state index in [0.29, 0.717) is 19.7 Å². The highest BCUT2D eigenvalue weighted by molar-refractivity contribution is 5.69. The van der Waals surface area contributed by atoms with E-state index in [1.54, 1.807) is 4.90 Å². The highest BCUT2D eigenvalue weighted by atomic mass is 16.6. The van der Waals surface area contributed by atoms with Crippen LogP contribution < -0.4 is 5.73 Å². The van der Waals surface area contributed by atoms with Crippen LogP contribution in [0.15, 0.2) is 0 Å². The minimum Gasteiger partial charge on any atom is -0.448 e. The van der Waals surface area contributed by atoms with Crippen LogP contribution in [0.5, 0.6) is 0 Å². The van der Waals surface area contributed by atoms with E-state index in [0.717, 1.165) is 6.42 Å². The number of carbonyl (C=O) groups excluding carboxylic acids is 1. The van der Waals surface area contributed by atoms with Crippen molar-refractivity contribution in [3.05, 3.63) is 0 Å². The molecule has 0 radical (unpaired) electrons. The molecule has 0 aromatic rings. The van der Waals surface area contributed by atoms with E-state index in [2.05, 4.69) is 0 Å². The second-order valence-corrected chi connectivity index (χ2v) is 2.73. The molecule has 1 unspecified atom stereocenters. The zero-order valence-corrected chi connectivity index (χ0v) is 6.75. The van der Waals surface area contributed by atoms with Gasteiger partial charge >= 0.3 is 6.09 Å². The first kappa shape index (κ1) is 8.33.